The van der Waals surface area contributed by atoms with Gasteiger partial charge in [-0.2, -0.15) is 0 Å². The number of amides is 1. The van der Waals surface area contributed by atoms with Gasteiger partial charge in [0, 0.05) is 19.6 Å². The average Bonchev–Trinajstić information content (AvgIpc) is 2.99. The molecule has 0 bridgehead atoms. The number of halogens is 1. The molecule has 5 nitrogen and oxygen atoms in total. The molecule has 0 aliphatic carbocycles. The van der Waals surface area contributed by atoms with E-state index in [-0.39, 0.29) is 18.3 Å². The molecule has 1 amide bonds. The minimum atomic E-state index is -0.0129. The van der Waals surface area contributed by atoms with Gasteiger partial charge in [0.25, 0.3) is 5.91 Å². The summed E-state index contributed by atoms with van der Waals surface area (Å²) >= 11 is 0. The Labute approximate surface area is 131 Å². The molecule has 0 radical (unpaired) electrons. The molecule has 1 aromatic rings. The average molecular weight is 313 g/mol. The van der Waals surface area contributed by atoms with E-state index in [2.05, 4.69) is 5.32 Å². The highest BCUT2D eigenvalue weighted by Gasteiger charge is 2.24. The predicted octanol–water partition coefficient (Wildman–Crippen LogP) is 1.70. The Bertz CT molecular complexity index is 504. The van der Waals surface area contributed by atoms with Gasteiger partial charge in [-0.1, -0.05) is 6.07 Å². The van der Waals surface area contributed by atoms with Gasteiger partial charge >= 0.3 is 0 Å². The molecule has 116 valence electrons. The zero-order chi connectivity index (χ0) is 13.9. The van der Waals surface area contributed by atoms with Crippen molar-refractivity contribution in [1.82, 2.24) is 10.2 Å². The number of rotatable bonds is 3. The summed E-state index contributed by atoms with van der Waals surface area (Å²) in [5, 5.41) is 3.41. The molecule has 0 saturated carbocycles. The Kier molecular flexibility index (Phi) is 5.31. The van der Waals surface area contributed by atoms with E-state index < -0.39 is 0 Å². The van der Waals surface area contributed by atoms with Gasteiger partial charge in [-0.05, 0) is 31.5 Å². The smallest absolute Gasteiger partial charge is 0.257 e. The van der Waals surface area contributed by atoms with Gasteiger partial charge in [-0.15, -0.1) is 12.4 Å². The van der Waals surface area contributed by atoms with E-state index in [4.69, 9.17) is 9.47 Å². The lowest BCUT2D eigenvalue weighted by atomic mass is 10.1. The summed E-state index contributed by atoms with van der Waals surface area (Å²) in [5.41, 5.74) is 0.586. The fraction of sp³-hybridized carbons (Fsp3) is 0.533. The van der Waals surface area contributed by atoms with Gasteiger partial charge in [0.1, 0.15) is 13.2 Å². The Hall–Kier alpha value is -1.46. The summed E-state index contributed by atoms with van der Waals surface area (Å²) < 4.78 is 11.1. The van der Waals surface area contributed by atoms with Crippen molar-refractivity contribution in [3.63, 3.8) is 0 Å². The van der Waals surface area contributed by atoms with Gasteiger partial charge in [0.2, 0.25) is 0 Å². The molecule has 3 rings (SSSR count). The van der Waals surface area contributed by atoms with Gasteiger partial charge in [0.05, 0.1) is 5.56 Å². The molecule has 1 unspecified atom stereocenters. The first-order valence-corrected chi connectivity index (χ1v) is 7.13. The van der Waals surface area contributed by atoms with Gasteiger partial charge < -0.3 is 19.7 Å². The van der Waals surface area contributed by atoms with E-state index in [1.54, 1.807) is 11.0 Å². The zero-order valence-corrected chi connectivity index (χ0v) is 12.9. The molecule has 1 atom stereocenters. The topological polar surface area (TPSA) is 50.8 Å². The van der Waals surface area contributed by atoms with E-state index in [0.717, 1.165) is 19.5 Å². The van der Waals surface area contributed by atoms with Crippen molar-refractivity contribution in [1.29, 1.82) is 0 Å². The third kappa shape index (κ3) is 3.41. The SMILES string of the molecule is CN(CC1CCCN1)C(=O)c1cccc2c1OCCO2.Cl. The Morgan fingerprint density at radius 1 is 1.38 bits per heavy atom. The molecule has 0 spiro atoms. The lowest BCUT2D eigenvalue weighted by Crippen LogP contribution is -2.38. The number of ether oxygens (including phenoxy) is 2. The highest BCUT2D eigenvalue weighted by atomic mass is 35.5. The summed E-state index contributed by atoms with van der Waals surface area (Å²) in [7, 11) is 1.84. The summed E-state index contributed by atoms with van der Waals surface area (Å²) in [4.78, 5) is 14.3. The first-order valence-electron chi connectivity index (χ1n) is 7.13. The van der Waals surface area contributed by atoms with E-state index >= 15 is 0 Å². The van der Waals surface area contributed by atoms with Crippen LogP contribution in [0.4, 0.5) is 0 Å². The molecule has 1 aromatic carbocycles. The van der Waals surface area contributed by atoms with Crippen LogP contribution in [0.1, 0.15) is 23.2 Å². The summed E-state index contributed by atoms with van der Waals surface area (Å²) in [5.74, 6) is 1.23. The van der Waals surface area contributed by atoms with Crippen LogP contribution in [0.15, 0.2) is 18.2 Å². The second-order valence-electron chi connectivity index (χ2n) is 5.31. The number of nitrogens with one attached hydrogen (secondary N) is 1. The summed E-state index contributed by atoms with van der Waals surface area (Å²) in [6.07, 6.45) is 2.31. The van der Waals surface area contributed by atoms with Crippen molar-refractivity contribution in [2.45, 2.75) is 18.9 Å². The number of para-hydroxylation sites is 1. The van der Waals surface area contributed by atoms with Crippen LogP contribution in [0.2, 0.25) is 0 Å². The van der Waals surface area contributed by atoms with Crippen LogP contribution in [0.5, 0.6) is 11.5 Å². The lowest BCUT2D eigenvalue weighted by Gasteiger charge is -2.25. The molecule has 6 heteroatoms. The lowest BCUT2D eigenvalue weighted by molar-refractivity contribution is 0.0773. The Balaban J connectivity index is 0.00000161. The third-order valence-electron chi connectivity index (χ3n) is 3.80. The van der Waals surface area contributed by atoms with E-state index in [9.17, 15) is 4.79 Å². The first kappa shape index (κ1) is 15.9. The van der Waals surface area contributed by atoms with Crippen LogP contribution < -0.4 is 14.8 Å². The zero-order valence-electron chi connectivity index (χ0n) is 12.1. The number of carbonyl (C=O) groups excluding carboxylic acids is 1. The van der Waals surface area contributed by atoms with Crippen molar-refractivity contribution in [2.75, 3.05) is 33.4 Å². The predicted molar refractivity (Wildman–Crippen MR) is 82.7 cm³/mol. The fourth-order valence-corrected chi connectivity index (χ4v) is 2.77. The summed E-state index contributed by atoms with van der Waals surface area (Å²) in [6, 6.07) is 5.88. The highest BCUT2D eigenvalue weighted by molar-refractivity contribution is 5.97. The largest absolute Gasteiger partial charge is 0.486 e. The first-order chi connectivity index (χ1) is 9.75. The van der Waals surface area contributed by atoms with E-state index in [0.29, 0.717) is 36.3 Å². The molecule has 2 heterocycles. The number of benzene rings is 1. The molecule has 1 saturated heterocycles. The van der Waals surface area contributed by atoms with Gasteiger partial charge in [-0.25, -0.2) is 0 Å². The summed E-state index contributed by atoms with van der Waals surface area (Å²) in [6.45, 7) is 2.80. The van der Waals surface area contributed by atoms with E-state index in [1.165, 1.54) is 6.42 Å². The normalized spacial score (nSPS) is 19.8. The van der Waals surface area contributed by atoms with E-state index in [1.807, 2.05) is 19.2 Å². The highest BCUT2D eigenvalue weighted by Crippen LogP contribution is 2.34. The second-order valence-corrected chi connectivity index (χ2v) is 5.31. The van der Waals surface area contributed by atoms with Crippen LogP contribution in [0.3, 0.4) is 0 Å². The number of hydrogen-bond acceptors (Lipinski definition) is 4. The van der Waals surface area contributed by atoms with Crippen molar-refractivity contribution in [2.24, 2.45) is 0 Å². The standard InChI is InChI=1S/C15H20N2O3.ClH/c1-17(10-11-4-3-7-16-11)15(18)12-5-2-6-13-14(12)20-9-8-19-13;/h2,5-6,11,16H,3-4,7-10H2,1H3;1H. The number of hydrogen-bond donors (Lipinski definition) is 1. The van der Waals surface area contributed by atoms with Crippen LogP contribution >= 0.6 is 12.4 Å². The van der Waals surface area contributed by atoms with Gasteiger partial charge in [-0.3, -0.25) is 4.79 Å². The maximum absolute atomic E-state index is 12.6. The Morgan fingerprint density at radius 3 is 2.95 bits per heavy atom. The molecular formula is C15H21ClN2O3. The van der Waals surface area contributed by atoms with Crippen molar-refractivity contribution in [3.8, 4) is 11.5 Å². The molecule has 1 fully saturated rings. The maximum atomic E-state index is 12.6. The molecule has 1 N–H and O–H groups in total. The Morgan fingerprint density at radius 2 is 2.19 bits per heavy atom. The number of fused-ring (bicyclic) bond motifs is 1. The van der Waals surface area contributed by atoms with Crippen LogP contribution in [0.25, 0.3) is 0 Å². The molecule has 2 aliphatic heterocycles. The number of likely N-dealkylation sites (N-methyl/N-ethyl adjacent to an activating group) is 1. The van der Waals surface area contributed by atoms with Crippen LogP contribution in [-0.4, -0.2) is 50.2 Å². The molecule has 0 aromatic heterocycles. The van der Waals surface area contributed by atoms with Crippen LogP contribution in [-0.2, 0) is 0 Å². The quantitative estimate of drug-likeness (QED) is 0.923. The monoisotopic (exact) mass is 312 g/mol. The van der Waals surface area contributed by atoms with Crippen molar-refractivity contribution < 1.29 is 14.3 Å². The van der Waals surface area contributed by atoms with Crippen molar-refractivity contribution >= 4 is 18.3 Å². The second kappa shape index (κ2) is 7.00. The molecule has 2 aliphatic rings. The third-order valence-corrected chi connectivity index (χ3v) is 3.80. The number of carbonyl (C=O) groups is 1. The molecule has 21 heavy (non-hydrogen) atoms. The molecular weight excluding hydrogens is 292 g/mol. The minimum absolute atomic E-state index is 0. The maximum Gasteiger partial charge on any atom is 0.257 e. The van der Waals surface area contributed by atoms with Gasteiger partial charge in [0.15, 0.2) is 11.5 Å². The fourth-order valence-electron chi connectivity index (χ4n) is 2.77. The van der Waals surface area contributed by atoms with Crippen molar-refractivity contribution in [3.05, 3.63) is 23.8 Å². The van der Waals surface area contributed by atoms with Crippen LogP contribution in [0, 0.1) is 0 Å². The number of nitrogens with zero attached hydrogens (tertiary/aromatic N) is 1. The minimum Gasteiger partial charge on any atom is -0.486 e.